The maximum atomic E-state index is 6.13. The minimum Gasteiger partial charge on any atom is -0.491 e. The number of anilines is 1. The van der Waals surface area contributed by atoms with Crippen molar-refractivity contribution in [3.63, 3.8) is 0 Å². The molecule has 1 unspecified atom stereocenters. The number of rotatable bonds is 3. The highest BCUT2D eigenvalue weighted by atomic mass is 16.5. The van der Waals surface area contributed by atoms with Gasteiger partial charge in [-0.2, -0.15) is 0 Å². The van der Waals surface area contributed by atoms with E-state index in [-0.39, 0.29) is 0 Å². The summed E-state index contributed by atoms with van der Waals surface area (Å²) in [5.74, 6) is 2.91. The van der Waals surface area contributed by atoms with E-state index in [0.29, 0.717) is 12.6 Å². The zero-order chi connectivity index (χ0) is 22.4. The standard InChI is InChI=1S/C26H28N6O/c1-3-20-12-23-21(13-27-20)26(29-15-28-23)32-8-9-33-25-7-5-17(10-19(25)14-32)18-4-6-22-24(11-18)31-16(2)30-22/h4-7,10-11,15,20,27H,3,8-9,12-14H2,1-2H3,(H,30,31). The van der Waals surface area contributed by atoms with Crippen LogP contribution in [-0.2, 0) is 19.5 Å². The number of nitrogens with zero attached hydrogens (tertiary/aromatic N) is 4. The molecule has 7 nitrogen and oxygen atoms in total. The molecule has 0 aliphatic carbocycles. The summed E-state index contributed by atoms with van der Waals surface area (Å²) < 4.78 is 6.13. The predicted octanol–water partition coefficient (Wildman–Crippen LogP) is 4.15. The van der Waals surface area contributed by atoms with Crippen molar-refractivity contribution in [1.82, 2.24) is 25.3 Å². The lowest BCUT2D eigenvalue weighted by atomic mass is 9.99. The van der Waals surface area contributed by atoms with Crippen LogP contribution < -0.4 is 15.0 Å². The number of aromatic amines is 1. The molecule has 4 heterocycles. The van der Waals surface area contributed by atoms with Gasteiger partial charge in [0.05, 0.1) is 23.3 Å². The minimum absolute atomic E-state index is 0.493. The zero-order valence-electron chi connectivity index (χ0n) is 19.1. The van der Waals surface area contributed by atoms with E-state index < -0.39 is 0 Å². The van der Waals surface area contributed by atoms with Gasteiger partial charge in [0.2, 0.25) is 0 Å². The lowest BCUT2D eigenvalue weighted by molar-refractivity contribution is 0.331. The molecule has 0 bridgehead atoms. The smallest absolute Gasteiger partial charge is 0.137 e. The number of hydrogen-bond acceptors (Lipinski definition) is 6. The number of H-pyrrole nitrogens is 1. The van der Waals surface area contributed by atoms with Crippen LogP contribution in [0.4, 0.5) is 5.82 Å². The molecule has 2 N–H and O–H groups in total. The predicted molar refractivity (Wildman–Crippen MR) is 129 cm³/mol. The molecule has 4 aromatic rings. The van der Waals surface area contributed by atoms with Crippen LogP contribution in [0.3, 0.4) is 0 Å². The number of ether oxygens (including phenoxy) is 1. The number of benzene rings is 2. The van der Waals surface area contributed by atoms with E-state index >= 15 is 0 Å². The molecule has 0 spiro atoms. The van der Waals surface area contributed by atoms with Gasteiger partial charge in [-0.15, -0.1) is 0 Å². The molecule has 0 fully saturated rings. The Morgan fingerprint density at radius 1 is 1.12 bits per heavy atom. The topological polar surface area (TPSA) is 79.0 Å². The summed E-state index contributed by atoms with van der Waals surface area (Å²) >= 11 is 0. The monoisotopic (exact) mass is 440 g/mol. The van der Waals surface area contributed by atoms with Crippen molar-refractivity contribution >= 4 is 16.9 Å². The van der Waals surface area contributed by atoms with Crippen LogP contribution in [0.25, 0.3) is 22.2 Å². The second-order valence-electron chi connectivity index (χ2n) is 8.96. The van der Waals surface area contributed by atoms with Crippen molar-refractivity contribution in [3.05, 3.63) is 65.4 Å². The maximum absolute atomic E-state index is 6.13. The van der Waals surface area contributed by atoms with Gasteiger partial charge in [0.15, 0.2) is 0 Å². The number of hydrogen-bond donors (Lipinski definition) is 2. The average Bonchev–Trinajstić information content (AvgIpc) is 3.09. The molecule has 0 saturated carbocycles. The molecule has 2 aromatic heterocycles. The number of nitrogens with one attached hydrogen (secondary N) is 2. The third-order valence-corrected chi connectivity index (χ3v) is 6.79. The molecule has 2 aromatic carbocycles. The number of fused-ring (bicyclic) bond motifs is 3. The normalized spacial score (nSPS) is 17.9. The largest absolute Gasteiger partial charge is 0.491 e. The Morgan fingerprint density at radius 3 is 2.91 bits per heavy atom. The van der Waals surface area contributed by atoms with Crippen LogP contribution in [0.15, 0.2) is 42.7 Å². The molecular formula is C26H28N6O. The van der Waals surface area contributed by atoms with Crippen LogP contribution in [0, 0.1) is 6.92 Å². The second kappa shape index (κ2) is 8.15. The van der Waals surface area contributed by atoms with Gasteiger partial charge in [0, 0.05) is 36.7 Å². The summed E-state index contributed by atoms with van der Waals surface area (Å²) in [5.41, 5.74) is 7.96. The SMILES string of the molecule is CCC1Cc2ncnc(N3CCOc4ccc(-c5ccc6nc(C)[nH]c6c5)cc4C3)c2CN1. The van der Waals surface area contributed by atoms with Gasteiger partial charge < -0.3 is 19.9 Å². The van der Waals surface area contributed by atoms with E-state index in [4.69, 9.17) is 9.72 Å². The fourth-order valence-corrected chi connectivity index (χ4v) is 4.98. The first-order valence-electron chi connectivity index (χ1n) is 11.7. The Morgan fingerprint density at radius 2 is 2.00 bits per heavy atom. The lowest BCUT2D eigenvalue weighted by Gasteiger charge is -2.29. The van der Waals surface area contributed by atoms with Crippen LogP contribution in [0.5, 0.6) is 5.75 Å². The molecular weight excluding hydrogens is 412 g/mol. The quantitative estimate of drug-likeness (QED) is 0.498. The summed E-state index contributed by atoms with van der Waals surface area (Å²) in [5, 5.41) is 3.64. The Labute approximate surface area is 193 Å². The molecule has 0 saturated heterocycles. The minimum atomic E-state index is 0.493. The van der Waals surface area contributed by atoms with Crippen LogP contribution >= 0.6 is 0 Å². The number of aromatic nitrogens is 4. The van der Waals surface area contributed by atoms with E-state index in [1.165, 1.54) is 27.9 Å². The molecule has 0 radical (unpaired) electrons. The average molecular weight is 441 g/mol. The number of imidazole rings is 1. The highest BCUT2D eigenvalue weighted by molar-refractivity contribution is 5.82. The Kier molecular flexibility index (Phi) is 4.99. The van der Waals surface area contributed by atoms with Crippen LogP contribution in [0.1, 0.15) is 36.0 Å². The third-order valence-electron chi connectivity index (χ3n) is 6.79. The van der Waals surface area contributed by atoms with E-state index in [9.17, 15) is 0 Å². The first-order valence-corrected chi connectivity index (χ1v) is 11.7. The molecule has 2 aliphatic rings. The molecule has 6 rings (SSSR count). The van der Waals surface area contributed by atoms with Crippen molar-refractivity contribution in [2.75, 3.05) is 18.1 Å². The molecule has 2 aliphatic heterocycles. The van der Waals surface area contributed by atoms with E-state index in [0.717, 1.165) is 60.9 Å². The van der Waals surface area contributed by atoms with Crippen LogP contribution in [-0.4, -0.2) is 39.1 Å². The molecule has 33 heavy (non-hydrogen) atoms. The Bertz CT molecular complexity index is 1330. The van der Waals surface area contributed by atoms with Crippen molar-refractivity contribution in [2.45, 2.75) is 45.8 Å². The molecule has 168 valence electrons. The first-order chi connectivity index (χ1) is 16.2. The van der Waals surface area contributed by atoms with Gasteiger partial charge in [0.1, 0.15) is 30.3 Å². The zero-order valence-corrected chi connectivity index (χ0v) is 19.1. The van der Waals surface area contributed by atoms with Crippen molar-refractivity contribution < 1.29 is 4.74 Å². The van der Waals surface area contributed by atoms with Gasteiger partial charge in [-0.3, -0.25) is 0 Å². The highest BCUT2D eigenvalue weighted by Gasteiger charge is 2.25. The van der Waals surface area contributed by atoms with Crippen molar-refractivity contribution in [2.24, 2.45) is 0 Å². The Balaban J connectivity index is 1.34. The van der Waals surface area contributed by atoms with Gasteiger partial charge in [0.25, 0.3) is 0 Å². The third kappa shape index (κ3) is 3.72. The van der Waals surface area contributed by atoms with Gasteiger partial charge in [-0.25, -0.2) is 15.0 Å². The highest BCUT2D eigenvalue weighted by Crippen LogP contribution is 2.33. The Hall–Kier alpha value is -3.45. The van der Waals surface area contributed by atoms with Gasteiger partial charge in [-0.05, 0) is 48.7 Å². The molecule has 0 amide bonds. The summed E-state index contributed by atoms with van der Waals surface area (Å²) in [4.78, 5) is 19.5. The second-order valence-corrected chi connectivity index (χ2v) is 8.96. The van der Waals surface area contributed by atoms with Crippen LogP contribution in [0.2, 0.25) is 0 Å². The van der Waals surface area contributed by atoms with Crippen molar-refractivity contribution in [1.29, 1.82) is 0 Å². The fraction of sp³-hybridized carbons (Fsp3) is 0.346. The van der Waals surface area contributed by atoms with E-state index in [2.05, 4.69) is 68.5 Å². The summed E-state index contributed by atoms with van der Waals surface area (Å²) in [6.45, 7) is 7.21. The lowest BCUT2D eigenvalue weighted by Crippen LogP contribution is -2.37. The van der Waals surface area contributed by atoms with Crippen molar-refractivity contribution in [3.8, 4) is 16.9 Å². The van der Waals surface area contributed by atoms with Gasteiger partial charge >= 0.3 is 0 Å². The summed E-state index contributed by atoms with van der Waals surface area (Å²) in [7, 11) is 0. The molecule has 7 heteroatoms. The fourth-order valence-electron chi connectivity index (χ4n) is 4.98. The summed E-state index contributed by atoms with van der Waals surface area (Å²) in [6, 6.07) is 13.4. The first kappa shape index (κ1) is 20.2. The van der Waals surface area contributed by atoms with E-state index in [1.54, 1.807) is 6.33 Å². The van der Waals surface area contributed by atoms with Gasteiger partial charge in [-0.1, -0.05) is 19.1 Å². The maximum Gasteiger partial charge on any atom is 0.137 e. The summed E-state index contributed by atoms with van der Waals surface area (Å²) in [6.07, 6.45) is 3.79. The molecule has 1 atom stereocenters. The van der Waals surface area contributed by atoms with E-state index in [1.807, 2.05) is 6.92 Å². The number of aryl methyl sites for hydroxylation is 1.